The van der Waals surface area contributed by atoms with Crippen molar-refractivity contribution in [2.75, 3.05) is 0 Å². The largest absolute Gasteiger partial charge is 0.391 e. The summed E-state index contributed by atoms with van der Waals surface area (Å²) >= 11 is 0. The lowest BCUT2D eigenvalue weighted by molar-refractivity contribution is -0.125. The number of hydrogen-bond donors (Lipinski definition) is 3. The van der Waals surface area contributed by atoms with Crippen LogP contribution in [0.3, 0.4) is 0 Å². The third-order valence-corrected chi connectivity index (χ3v) is 1.04. The van der Waals surface area contributed by atoms with E-state index >= 15 is 0 Å². The van der Waals surface area contributed by atoms with E-state index in [1.807, 2.05) is 0 Å². The van der Waals surface area contributed by atoms with E-state index in [4.69, 9.17) is 10.8 Å². The van der Waals surface area contributed by atoms with Crippen LogP contribution in [0.5, 0.6) is 0 Å². The number of amides is 2. The standard InChI is InChI=1S/C5H10N2O3/c1-3(9)4(5(6)10)7-2-8/h2-4,9H,1H3,(H2,6,10)(H,7,8)/t3-,4+/m1/s1. The van der Waals surface area contributed by atoms with E-state index in [9.17, 15) is 9.59 Å². The van der Waals surface area contributed by atoms with Crippen LogP contribution in [0, 0.1) is 0 Å². The van der Waals surface area contributed by atoms with Gasteiger partial charge in [-0.05, 0) is 6.92 Å². The number of nitrogens with one attached hydrogen (secondary N) is 1. The second kappa shape index (κ2) is 3.84. The van der Waals surface area contributed by atoms with E-state index in [0.717, 1.165) is 0 Å². The molecule has 0 rings (SSSR count). The van der Waals surface area contributed by atoms with Gasteiger partial charge < -0.3 is 16.2 Å². The van der Waals surface area contributed by atoms with E-state index in [1.54, 1.807) is 0 Å². The van der Waals surface area contributed by atoms with Crippen LogP contribution < -0.4 is 11.1 Å². The van der Waals surface area contributed by atoms with Crippen LogP contribution in [0.4, 0.5) is 0 Å². The van der Waals surface area contributed by atoms with Crippen LogP contribution in [0.1, 0.15) is 6.92 Å². The fourth-order valence-corrected chi connectivity index (χ4v) is 0.532. The predicted molar refractivity (Wildman–Crippen MR) is 33.9 cm³/mol. The lowest BCUT2D eigenvalue weighted by Crippen LogP contribution is -2.47. The smallest absolute Gasteiger partial charge is 0.242 e. The molecule has 0 aliphatic heterocycles. The van der Waals surface area contributed by atoms with Gasteiger partial charge in [0.1, 0.15) is 6.04 Å². The minimum absolute atomic E-state index is 0.322. The molecule has 0 aromatic rings. The Morgan fingerprint density at radius 3 is 2.40 bits per heavy atom. The molecule has 0 aliphatic carbocycles. The summed E-state index contributed by atoms with van der Waals surface area (Å²) in [6.07, 6.45) is -0.634. The number of rotatable bonds is 4. The minimum Gasteiger partial charge on any atom is -0.391 e. The molecule has 0 fully saturated rings. The molecule has 5 nitrogen and oxygen atoms in total. The molecule has 0 spiro atoms. The van der Waals surface area contributed by atoms with Gasteiger partial charge in [-0.2, -0.15) is 0 Å². The first-order valence-corrected chi connectivity index (χ1v) is 2.76. The van der Waals surface area contributed by atoms with Gasteiger partial charge in [-0.3, -0.25) is 9.59 Å². The predicted octanol–water partition coefficient (Wildman–Crippen LogP) is -2.03. The molecule has 4 N–H and O–H groups in total. The molecule has 0 radical (unpaired) electrons. The summed E-state index contributed by atoms with van der Waals surface area (Å²) in [7, 11) is 0. The van der Waals surface area contributed by atoms with Crippen LogP contribution in [0.15, 0.2) is 0 Å². The maximum atomic E-state index is 10.4. The maximum absolute atomic E-state index is 10.4. The van der Waals surface area contributed by atoms with E-state index in [0.29, 0.717) is 6.41 Å². The molecule has 0 bridgehead atoms. The summed E-state index contributed by atoms with van der Waals surface area (Å²) in [6, 6.07) is -0.988. The Morgan fingerprint density at radius 1 is 1.80 bits per heavy atom. The van der Waals surface area contributed by atoms with Crippen LogP contribution in [-0.4, -0.2) is 29.6 Å². The van der Waals surface area contributed by atoms with Gasteiger partial charge in [0.15, 0.2) is 0 Å². The Hall–Kier alpha value is -1.10. The normalized spacial score (nSPS) is 15.4. The molecule has 0 aromatic heterocycles. The Kier molecular flexibility index (Phi) is 3.42. The highest BCUT2D eigenvalue weighted by Crippen LogP contribution is 1.88. The highest BCUT2D eigenvalue weighted by atomic mass is 16.3. The molecule has 2 atom stereocenters. The van der Waals surface area contributed by atoms with E-state index in [2.05, 4.69) is 5.32 Å². The fourth-order valence-electron chi connectivity index (χ4n) is 0.532. The SMILES string of the molecule is C[C@@H](O)[C@H](NC=O)C(N)=O. The van der Waals surface area contributed by atoms with Crippen molar-refractivity contribution in [2.24, 2.45) is 5.73 Å². The number of hydrogen-bond acceptors (Lipinski definition) is 3. The van der Waals surface area contributed by atoms with Gasteiger partial charge in [0.25, 0.3) is 0 Å². The molecular formula is C5H10N2O3. The molecule has 5 heteroatoms. The van der Waals surface area contributed by atoms with Crippen molar-refractivity contribution < 1.29 is 14.7 Å². The molecule has 0 saturated heterocycles. The van der Waals surface area contributed by atoms with Crippen molar-refractivity contribution in [2.45, 2.75) is 19.1 Å². The Balaban J connectivity index is 3.97. The Labute approximate surface area is 58.2 Å². The van der Waals surface area contributed by atoms with Gasteiger partial charge in [0.05, 0.1) is 6.10 Å². The number of primary amides is 1. The van der Waals surface area contributed by atoms with Gasteiger partial charge in [-0.1, -0.05) is 0 Å². The van der Waals surface area contributed by atoms with Gasteiger partial charge in [-0.15, -0.1) is 0 Å². The molecule has 0 unspecified atom stereocenters. The van der Waals surface area contributed by atoms with E-state index in [1.165, 1.54) is 6.92 Å². The molecule has 0 saturated carbocycles. The average Bonchev–Trinajstić information content (AvgIpc) is 1.81. The van der Waals surface area contributed by atoms with Gasteiger partial charge in [0, 0.05) is 0 Å². The molecule has 2 amide bonds. The lowest BCUT2D eigenvalue weighted by Gasteiger charge is -2.13. The first kappa shape index (κ1) is 8.90. The third-order valence-electron chi connectivity index (χ3n) is 1.04. The zero-order valence-corrected chi connectivity index (χ0v) is 5.57. The van der Waals surface area contributed by atoms with Crippen molar-refractivity contribution in [3.05, 3.63) is 0 Å². The average molecular weight is 146 g/mol. The number of aliphatic hydroxyl groups excluding tert-OH is 1. The van der Waals surface area contributed by atoms with Crippen molar-refractivity contribution in [1.82, 2.24) is 5.32 Å². The third kappa shape index (κ3) is 2.45. The van der Waals surface area contributed by atoms with Gasteiger partial charge in [-0.25, -0.2) is 0 Å². The van der Waals surface area contributed by atoms with Crippen LogP contribution in [0.25, 0.3) is 0 Å². The topological polar surface area (TPSA) is 92.4 Å². The number of aliphatic hydroxyl groups is 1. The minimum atomic E-state index is -0.988. The molecule has 0 heterocycles. The van der Waals surface area contributed by atoms with E-state index < -0.39 is 18.1 Å². The van der Waals surface area contributed by atoms with Gasteiger partial charge in [0.2, 0.25) is 12.3 Å². The molecule has 0 aromatic carbocycles. The van der Waals surface area contributed by atoms with Crippen LogP contribution in [-0.2, 0) is 9.59 Å². The highest BCUT2D eigenvalue weighted by molar-refractivity contribution is 5.82. The van der Waals surface area contributed by atoms with Gasteiger partial charge >= 0.3 is 0 Å². The van der Waals surface area contributed by atoms with Crippen molar-refractivity contribution >= 4 is 12.3 Å². The van der Waals surface area contributed by atoms with Crippen molar-refractivity contribution in [1.29, 1.82) is 0 Å². The maximum Gasteiger partial charge on any atom is 0.242 e. The first-order chi connectivity index (χ1) is 4.59. The Morgan fingerprint density at radius 2 is 2.30 bits per heavy atom. The summed E-state index contributed by atoms with van der Waals surface area (Å²) in [4.78, 5) is 20.2. The fraction of sp³-hybridized carbons (Fsp3) is 0.600. The van der Waals surface area contributed by atoms with E-state index in [-0.39, 0.29) is 0 Å². The summed E-state index contributed by atoms with van der Waals surface area (Å²) in [6.45, 7) is 1.37. The van der Waals surface area contributed by atoms with Crippen LogP contribution >= 0.6 is 0 Å². The Bertz CT molecular complexity index is 135. The number of carbonyl (C=O) groups is 2. The molecule has 10 heavy (non-hydrogen) atoms. The molecular weight excluding hydrogens is 136 g/mol. The zero-order chi connectivity index (χ0) is 8.15. The zero-order valence-electron chi connectivity index (χ0n) is 5.57. The summed E-state index contributed by atoms with van der Waals surface area (Å²) in [5.41, 5.74) is 4.80. The molecule has 0 aliphatic rings. The highest BCUT2D eigenvalue weighted by Gasteiger charge is 2.19. The first-order valence-electron chi connectivity index (χ1n) is 2.76. The quantitative estimate of drug-likeness (QED) is 0.399. The lowest BCUT2D eigenvalue weighted by atomic mass is 10.2. The second-order valence-electron chi connectivity index (χ2n) is 1.91. The monoisotopic (exact) mass is 146 g/mol. The van der Waals surface area contributed by atoms with Crippen molar-refractivity contribution in [3.8, 4) is 0 Å². The second-order valence-corrected chi connectivity index (χ2v) is 1.91. The summed E-state index contributed by atoms with van der Waals surface area (Å²) < 4.78 is 0. The number of carbonyl (C=O) groups excluding carboxylic acids is 2. The number of nitrogens with two attached hydrogens (primary N) is 1. The molecule has 58 valence electrons. The summed E-state index contributed by atoms with van der Waals surface area (Å²) in [5, 5.41) is 10.9. The van der Waals surface area contributed by atoms with Crippen molar-refractivity contribution in [3.63, 3.8) is 0 Å². The summed E-state index contributed by atoms with van der Waals surface area (Å²) in [5.74, 6) is -0.748. The van der Waals surface area contributed by atoms with Crippen LogP contribution in [0.2, 0.25) is 0 Å².